The van der Waals surface area contributed by atoms with Gasteiger partial charge in [-0.3, -0.25) is 9.89 Å². The molecule has 0 bridgehead atoms. The normalized spacial score (nSPS) is 10.5. The highest BCUT2D eigenvalue weighted by molar-refractivity contribution is 5.98. The Morgan fingerprint density at radius 3 is 2.95 bits per heavy atom. The molecule has 7 nitrogen and oxygen atoms in total. The lowest BCUT2D eigenvalue weighted by atomic mass is 10.2. The molecule has 0 fully saturated rings. The van der Waals surface area contributed by atoms with Gasteiger partial charge in [0, 0.05) is 18.1 Å². The molecule has 2 aromatic heterocycles. The van der Waals surface area contributed by atoms with Gasteiger partial charge in [0.05, 0.1) is 18.2 Å². The van der Waals surface area contributed by atoms with Gasteiger partial charge in [-0.1, -0.05) is 0 Å². The molecule has 3 rings (SSSR count). The van der Waals surface area contributed by atoms with Crippen molar-refractivity contribution in [3.8, 4) is 5.69 Å². The molecule has 0 radical (unpaired) electrons. The Balaban J connectivity index is 1.89. The van der Waals surface area contributed by atoms with Gasteiger partial charge < -0.3 is 15.6 Å². The predicted octanol–water partition coefficient (Wildman–Crippen LogP) is 1.58. The summed E-state index contributed by atoms with van der Waals surface area (Å²) in [7, 11) is 0. The number of nitrogens with one attached hydrogen (secondary N) is 2. The molecule has 8 heteroatoms. The molecule has 1 aromatic carbocycles. The highest BCUT2D eigenvalue weighted by atomic mass is 19.1. The second-order valence-electron chi connectivity index (χ2n) is 4.28. The number of carbonyl (C=O) groups is 1. The Hall–Kier alpha value is -3.16. The van der Waals surface area contributed by atoms with Crippen molar-refractivity contribution >= 4 is 17.4 Å². The molecule has 21 heavy (non-hydrogen) atoms. The molecular weight excluding hydrogens is 275 g/mol. The number of primary amides is 1. The molecule has 106 valence electrons. The number of halogens is 1. The van der Waals surface area contributed by atoms with Gasteiger partial charge in [-0.05, 0) is 18.2 Å². The van der Waals surface area contributed by atoms with E-state index in [0.29, 0.717) is 17.2 Å². The predicted molar refractivity (Wildman–Crippen MR) is 73.9 cm³/mol. The monoisotopic (exact) mass is 286 g/mol. The minimum absolute atomic E-state index is 0.203. The van der Waals surface area contributed by atoms with Gasteiger partial charge in [0.1, 0.15) is 17.2 Å². The third-order valence-electron chi connectivity index (χ3n) is 2.90. The maximum absolute atomic E-state index is 14.1. The molecule has 0 saturated heterocycles. The number of nitrogens with two attached hydrogens (primary N) is 1. The van der Waals surface area contributed by atoms with Crippen LogP contribution in [0.25, 0.3) is 5.69 Å². The number of hydrogen-bond donors (Lipinski definition) is 3. The van der Waals surface area contributed by atoms with Crippen LogP contribution in [0.4, 0.5) is 15.9 Å². The fourth-order valence-electron chi connectivity index (χ4n) is 1.91. The first kappa shape index (κ1) is 12.9. The number of hydrogen-bond acceptors (Lipinski definition) is 4. The molecule has 4 N–H and O–H groups in total. The zero-order valence-corrected chi connectivity index (χ0v) is 10.7. The van der Waals surface area contributed by atoms with E-state index in [4.69, 9.17) is 5.73 Å². The van der Waals surface area contributed by atoms with E-state index in [1.807, 2.05) is 0 Å². The third kappa shape index (κ3) is 2.46. The van der Waals surface area contributed by atoms with Crippen molar-refractivity contribution in [2.24, 2.45) is 5.73 Å². The Morgan fingerprint density at radius 1 is 1.43 bits per heavy atom. The summed E-state index contributed by atoms with van der Waals surface area (Å²) < 4.78 is 15.7. The molecule has 1 amide bonds. The number of amides is 1. The van der Waals surface area contributed by atoms with E-state index >= 15 is 0 Å². The minimum atomic E-state index is -0.623. The number of benzene rings is 1. The summed E-state index contributed by atoms with van der Waals surface area (Å²) in [5.41, 5.74) is 6.24. The van der Waals surface area contributed by atoms with Gasteiger partial charge in [0.15, 0.2) is 0 Å². The van der Waals surface area contributed by atoms with E-state index in [0.717, 1.165) is 0 Å². The number of aromatic amines is 1. The van der Waals surface area contributed by atoms with Crippen LogP contribution in [0.5, 0.6) is 0 Å². The summed E-state index contributed by atoms with van der Waals surface area (Å²) in [5.74, 6) is -0.739. The number of rotatable bonds is 4. The quantitative estimate of drug-likeness (QED) is 0.677. The molecule has 0 spiro atoms. The summed E-state index contributed by atoms with van der Waals surface area (Å²) in [6.07, 6.45) is 6.02. The second kappa shape index (κ2) is 5.08. The van der Waals surface area contributed by atoms with Crippen molar-refractivity contribution in [1.29, 1.82) is 0 Å². The van der Waals surface area contributed by atoms with Gasteiger partial charge in [-0.25, -0.2) is 9.37 Å². The number of imidazole rings is 1. The SMILES string of the molecule is NC(=O)c1cn[nH]c1Nc1ccc(-n2ccnc2)c(F)c1. The van der Waals surface area contributed by atoms with E-state index < -0.39 is 11.7 Å². The van der Waals surface area contributed by atoms with Crippen molar-refractivity contribution < 1.29 is 9.18 Å². The number of nitrogens with zero attached hydrogens (tertiary/aromatic N) is 3. The van der Waals surface area contributed by atoms with Gasteiger partial charge in [-0.15, -0.1) is 0 Å². The number of carbonyl (C=O) groups excluding carboxylic acids is 1. The summed E-state index contributed by atoms with van der Waals surface area (Å²) >= 11 is 0. The van der Waals surface area contributed by atoms with Gasteiger partial charge >= 0.3 is 0 Å². The Kier molecular flexibility index (Phi) is 3.11. The Morgan fingerprint density at radius 2 is 2.29 bits per heavy atom. The van der Waals surface area contributed by atoms with Crippen LogP contribution in [0, 0.1) is 5.82 Å². The Labute approximate surface area is 118 Å². The van der Waals surface area contributed by atoms with Crippen LogP contribution >= 0.6 is 0 Å². The fraction of sp³-hybridized carbons (Fsp3) is 0. The molecule has 0 aliphatic carbocycles. The average molecular weight is 286 g/mol. The molecule has 0 aliphatic rings. The van der Waals surface area contributed by atoms with Crippen molar-refractivity contribution in [2.45, 2.75) is 0 Å². The van der Waals surface area contributed by atoms with E-state index in [2.05, 4.69) is 20.5 Å². The van der Waals surface area contributed by atoms with Crippen LogP contribution in [-0.4, -0.2) is 25.7 Å². The van der Waals surface area contributed by atoms with Crippen molar-refractivity contribution in [3.05, 3.63) is 54.5 Å². The molecule has 2 heterocycles. The van der Waals surface area contributed by atoms with Crippen LogP contribution < -0.4 is 11.1 Å². The first-order valence-electron chi connectivity index (χ1n) is 6.03. The second-order valence-corrected chi connectivity index (χ2v) is 4.28. The van der Waals surface area contributed by atoms with Crippen molar-refractivity contribution in [2.75, 3.05) is 5.32 Å². The minimum Gasteiger partial charge on any atom is -0.365 e. The maximum atomic E-state index is 14.1. The standard InChI is InChI=1S/C13H11FN6O/c14-10-5-8(1-2-11(10)20-4-3-16-7-20)18-13-9(12(15)21)6-17-19-13/h1-7H,(H2,15,21)(H2,17,18,19). The first-order valence-corrected chi connectivity index (χ1v) is 6.03. The van der Waals surface area contributed by atoms with Crippen LogP contribution in [0.1, 0.15) is 10.4 Å². The van der Waals surface area contributed by atoms with Crippen LogP contribution in [0.15, 0.2) is 43.1 Å². The molecule has 0 unspecified atom stereocenters. The summed E-state index contributed by atoms with van der Waals surface area (Å²) in [6, 6.07) is 4.57. The lowest BCUT2D eigenvalue weighted by Gasteiger charge is -2.08. The van der Waals surface area contributed by atoms with Crippen molar-refractivity contribution in [3.63, 3.8) is 0 Å². The van der Waals surface area contributed by atoms with Crippen molar-refractivity contribution in [1.82, 2.24) is 19.7 Å². The lowest BCUT2D eigenvalue weighted by Crippen LogP contribution is -2.12. The van der Waals surface area contributed by atoms with E-state index in [-0.39, 0.29) is 5.56 Å². The van der Waals surface area contributed by atoms with E-state index in [1.165, 1.54) is 18.6 Å². The topological polar surface area (TPSA) is 102 Å². The van der Waals surface area contributed by atoms with Gasteiger partial charge in [-0.2, -0.15) is 5.10 Å². The number of H-pyrrole nitrogens is 1. The van der Waals surface area contributed by atoms with E-state index in [9.17, 15) is 9.18 Å². The summed E-state index contributed by atoms with van der Waals surface area (Å²) in [6.45, 7) is 0. The highest BCUT2D eigenvalue weighted by Gasteiger charge is 2.12. The van der Waals surface area contributed by atoms with Gasteiger partial charge in [0.25, 0.3) is 5.91 Å². The van der Waals surface area contributed by atoms with Crippen LogP contribution in [0.3, 0.4) is 0 Å². The zero-order valence-electron chi connectivity index (χ0n) is 10.7. The Bertz CT molecular complexity index is 780. The number of aromatic nitrogens is 4. The molecule has 0 saturated carbocycles. The van der Waals surface area contributed by atoms with Gasteiger partial charge in [0.2, 0.25) is 0 Å². The molecule has 0 atom stereocenters. The zero-order chi connectivity index (χ0) is 14.8. The molecular formula is C13H11FN6O. The molecule has 0 aliphatic heterocycles. The summed E-state index contributed by atoms with van der Waals surface area (Å²) in [4.78, 5) is 15.1. The highest BCUT2D eigenvalue weighted by Crippen LogP contribution is 2.22. The molecule has 3 aromatic rings. The van der Waals surface area contributed by atoms with Crippen LogP contribution in [-0.2, 0) is 0 Å². The maximum Gasteiger partial charge on any atom is 0.254 e. The smallest absolute Gasteiger partial charge is 0.254 e. The largest absolute Gasteiger partial charge is 0.365 e. The van der Waals surface area contributed by atoms with E-state index in [1.54, 1.807) is 29.1 Å². The lowest BCUT2D eigenvalue weighted by molar-refractivity contribution is 0.100. The average Bonchev–Trinajstić information content (AvgIpc) is 3.09. The number of anilines is 2. The fourth-order valence-corrected chi connectivity index (χ4v) is 1.91. The first-order chi connectivity index (χ1) is 10.1. The van der Waals surface area contributed by atoms with Crippen LogP contribution in [0.2, 0.25) is 0 Å². The third-order valence-corrected chi connectivity index (χ3v) is 2.90. The summed E-state index contributed by atoms with van der Waals surface area (Å²) in [5, 5.41) is 9.19.